The lowest BCUT2D eigenvalue weighted by molar-refractivity contribution is -0.116. The quantitative estimate of drug-likeness (QED) is 0.672. The van der Waals surface area contributed by atoms with Gasteiger partial charge in [-0.1, -0.05) is 23.7 Å². The molecule has 0 unspecified atom stereocenters. The zero-order valence-electron chi connectivity index (χ0n) is 14.7. The fourth-order valence-corrected chi connectivity index (χ4v) is 3.01. The third kappa shape index (κ3) is 4.06. The Morgan fingerprint density at radius 2 is 2.12 bits per heavy atom. The van der Waals surface area contributed by atoms with E-state index in [1.54, 1.807) is 31.4 Å². The molecule has 1 N–H and O–H groups in total. The number of rotatable bonds is 6. The second-order valence-electron chi connectivity index (χ2n) is 5.81. The van der Waals surface area contributed by atoms with Crippen LogP contribution in [-0.4, -0.2) is 29.1 Å². The van der Waals surface area contributed by atoms with E-state index in [4.69, 9.17) is 16.3 Å². The zero-order chi connectivity index (χ0) is 18.5. The third-order valence-electron chi connectivity index (χ3n) is 4.09. The van der Waals surface area contributed by atoms with E-state index in [-0.39, 0.29) is 5.91 Å². The van der Waals surface area contributed by atoms with Crippen LogP contribution < -0.4 is 10.1 Å². The van der Waals surface area contributed by atoms with E-state index in [9.17, 15) is 4.79 Å². The minimum atomic E-state index is -0.172. The average molecular weight is 370 g/mol. The Balaban J connectivity index is 1.61. The summed E-state index contributed by atoms with van der Waals surface area (Å²) in [6.45, 7) is 3.14. The Bertz CT molecular complexity index is 963. The van der Waals surface area contributed by atoms with Crippen LogP contribution in [0.2, 0.25) is 5.02 Å². The van der Waals surface area contributed by atoms with E-state index >= 15 is 0 Å². The topological polar surface area (TPSA) is 56.1 Å². The first-order valence-electron chi connectivity index (χ1n) is 8.30. The molecule has 0 aliphatic rings. The molecule has 0 atom stereocenters. The molecule has 0 saturated heterocycles. The molecule has 5 nitrogen and oxygen atoms in total. The third-order valence-corrected chi connectivity index (χ3v) is 4.32. The molecule has 0 radical (unpaired) electrons. The largest absolute Gasteiger partial charge is 0.496 e. The molecule has 6 heteroatoms. The summed E-state index contributed by atoms with van der Waals surface area (Å²) in [6, 6.07) is 13.2. The number of ether oxygens (including phenoxy) is 1. The fraction of sp³-hybridized carbons (Fsp3) is 0.200. The van der Waals surface area contributed by atoms with Crippen molar-refractivity contribution in [3.05, 3.63) is 65.0 Å². The second kappa shape index (κ2) is 8.06. The molecule has 0 aliphatic carbocycles. The van der Waals surface area contributed by atoms with Gasteiger partial charge in [-0.25, -0.2) is 4.98 Å². The number of nitrogens with one attached hydrogen (secondary N) is 1. The Morgan fingerprint density at radius 1 is 1.31 bits per heavy atom. The molecule has 1 aromatic heterocycles. The molecule has 2 aromatic carbocycles. The fourth-order valence-electron chi connectivity index (χ4n) is 2.83. The van der Waals surface area contributed by atoms with E-state index in [0.29, 0.717) is 23.9 Å². The molecule has 0 fully saturated rings. The van der Waals surface area contributed by atoms with Crippen molar-refractivity contribution in [3.63, 3.8) is 0 Å². The number of carbonyl (C=O) groups is 1. The van der Waals surface area contributed by atoms with Crippen LogP contribution in [0.3, 0.4) is 0 Å². The van der Waals surface area contributed by atoms with Crippen LogP contribution in [0.1, 0.15) is 11.4 Å². The number of aromatic nitrogens is 2. The molecule has 134 valence electrons. The van der Waals surface area contributed by atoms with Crippen LogP contribution in [0.5, 0.6) is 5.75 Å². The predicted molar refractivity (Wildman–Crippen MR) is 105 cm³/mol. The Hall–Kier alpha value is -2.79. The molecular weight excluding hydrogens is 350 g/mol. The van der Waals surface area contributed by atoms with Crippen molar-refractivity contribution in [1.82, 2.24) is 14.9 Å². The summed E-state index contributed by atoms with van der Waals surface area (Å²) in [7, 11) is 1.58. The number of imidazole rings is 1. The molecule has 0 saturated carbocycles. The van der Waals surface area contributed by atoms with Crippen molar-refractivity contribution in [2.24, 2.45) is 0 Å². The number of fused-ring (bicyclic) bond motifs is 1. The van der Waals surface area contributed by atoms with Crippen LogP contribution in [0.25, 0.3) is 17.1 Å². The number of hydrogen-bond donors (Lipinski definition) is 1. The summed E-state index contributed by atoms with van der Waals surface area (Å²) < 4.78 is 7.36. The Labute approximate surface area is 157 Å². The molecule has 0 aliphatic heterocycles. The van der Waals surface area contributed by atoms with Crippen LogP contribution in [0, 0.1) is 6.92 Å². The van der Waals surface area contributed by atoms with Crippen LogP contribution >= 0.6 is 11.6 Å². The number of aryl methyl sites for hydroxylation is 1. The summed E-state index contributed by atoms with van der Waals surface area (Å²) in [4.78, 5) is 16.6. The van der Waals surface area contributed by atoms with E-state index in [0.717, 1.165) is 22.4 Å². The number of halogens is 1. The van der Waals surface area contributed by atoms with Gasteiger partial charge >= 0.3 is 0 Å². The van der Waals surface area contributed by atoms with Crippen molar-refractivity contribution in [2.45, 2.75) is 13.5 Å². The van der Waals surface area contributed by atoms with Gasteiger partial charge in [-0.15, -0.1) is 0 Å². The first-order chi connectivity index (χ1) is 12.6. The number of para-hydroxylation sites is 2. The minimum Gasteiger partial charge on any atom is -0.496 e. The lowest BCUT2D eigenvalue weighted by Gasteiger charge is -2.08. The van der Waals surface area contributed by atoms with Gasteiger partial charge in [0.2, 0.25) is 5.91 Å². The maximum Gasteiger partial charge on any atom is 0.244 e. The Kier molecular flexibility index (Phi) is 5.58. The highest BCUT2D eigenvalue weighted by Gasteiger charge is 2.06. The van der Waals surface area contributed by atoms with Crippen LogP contribution in [-0.2, 0) is 11.3 Å². The lowest BCUT2D eigenvalue weighted by Crippen LogP contribution is -2.25. The summed E-state index contributed by atoms with van der Waals surface area (Å²) in [5.41, 5.74) is 2.79. The van der Waals surface area contributed by atoms with Gasteiger partial charge in [0.15, 0.2) is 0 Å². The monoisotopic (exact) mass is 369 g/mol. The Morgan fingerprint density at radius 3 is 2.92 bits per heavy atom. The molecule has 3 aromatic rings. The molecule has 0 bridgehead atoms. The maximum atomic E-state index is 12.1. The van der Waals surface area contributed by atoms with E-state index in [1.165, 1.54) is 6.08 Å². The van der Waals surface area contributed by atoms with Gasteiger partial charge < -0.3 is 14.6 Å². The van der Waals surface area contributed by atoms with Crippen molar-refractivity contribution in [1.29, 1.82) is 0 Å². The minimum absolute atomic E-state index is 0.172. The van der Waals surface area contributed by atoms with E-state index in [2.05, 4.69) is 14.9 Å². The zero-order valence-corrected chi connectivity index (χ0v) is 15.5. The molecule has 1 heterocycles. The average Bonchev–Trinajstić information content (AvgIpc) is 2.95. The van der Waals surface area contributed by atoms with E-state index in [1.807, 2.05) is 31.2 Å². The van der Waals surface area contributed by atoms with Gasteiger partial charge in [-0.3, -0.25) is 4.79 Å². The van der Waals surface area contributed by atoms with Gasteiger partial charge in [-0.05, 0) is 43.3 Å². The van der Waals surface area contributed by atoms with Crippen molar-refractivity contribution >= 4 is 34.6 Å². The molecular formula is C20H20ClN3O2. The highest BCUT2D eigenvalue weighted by Crippen LogP contribution is 2.23. The number of hydrogen-bond acceptors (Lipinski definition) is 3. The highest BCUT2D eigenvalue weighted by atomic mass is 35.5. The maximum absolute atomic E-state index is 12.1. The summed E-state index contributed by atoms with van der Waals surface area (Å²) in [5, 5.41) is 3.48. The summed E-state index contributed by atoms with van der Waals surface area (Å²) >= 11 is 5.99. The number of carbonyl (C=O) groups excluding carboxylic acids is 1. The molecule has 1 amide bonds. The van der Waals surface area contributed by atoms with Crippen LogP contribution in [0.15, 0.2) is 48.5 Å². The number of nitrogens with zero attached hydrogens (tertiary/aromatic N) is 2. The number of amides is 1. The van der Waals surface area contributed by atoms with Gasteiger partial charge in [0.25, 0.3) is 0 Å². The van der Waals surface area contributed by atoms with E-state index < -0.39 is 0 Å². The SMILES string of the molecule is COc1ccc(Cl)cc1/C=C\C(=O)NCCn1c(C)nc2ccccc21. The molecule has 26 heavy (non-hydrogen) atoms. The standard InChI is InChI=1S/C20H20ClN3O2/c1-14-23-17-5-3-4-6-18(17)24(14)12-11-22-20(25)10-7-15-13-16(21)8-9-19(15)26-2/h3-10,13H,11-12H2,1-2H3,(H,22,25)/b10-7-. The highest BCUT2D eigenvalue weighted by molar-refractivity contribution is 6.30. The van der Waals surface area contributed by atoms with Crippen molar-refractivity contribution in [3.8, 4) is 5.75 Å². The molecule has 0 spiro atoms. The van der Waals surface area contributed by atoms with Gasteiger partial charge in [-0.2, -0.15) is 0 Å². The number of benzene rings is 2. The molecule has 3 rings (SSSR count). The van der Waals surface area contributed by atoms with Crippen LogP contribution in [0.4, 0.5) is 0 Å². The lowest BCUT2D eigenvalue weighted by atomic mass is 10.2. The van der Waals surface area contributed by atoms with Gasteiger partial charge in [0, 0.05) is 29.8 Å². The first kappa shape index (κ1) is 18.0. The van der Waals surface area contributed by atoms with Crippen molar-refractivity contribution < 1.29 is 9.53 Å². The summed E-state index contributed by atoms with van der Waals surface area (Å²) in [5.74, 6) is 1.42. The first-order valence-corrected chi connectivity index (χ1v) is 8.67. The smallest absolute Gasteiger partial charge is 0.244 e. The van der Waals surface area contributed by atoms with Gasteiger partial charge in [0.1, 0.15) is 11.6 Å². The number of methoxy groups -OCH3 is 1. The van der Waals surface area contributed by atoms with Gasteiger partial charge in [0.05, 0.1) is 18.1 Å². The normalized spacial score (nSPS) is 11.2. The second-order valence-corrected chi connectivity index (χ2v) is 6.25. The summed E-state index contributed by atoms with van der Waals surface area (Å²) in [6.07, 6.45) is 3.17. The predicted octanol–water partition coefficient (Wildman–Crippen LogP) is 3.84. The van der Waals surface area contributed by atoms with Crippen molar-refractivity contribution in [2.75, 3.05) is 13.7 Å².